The van der Waals surface area contributed by atoms with Crippen LogP contribution in [0.1, 0.15) is 27.1 Å². The van der Waals surface area contributed by atoms with Crippen LogP contribution in [-0.2, 0) is 0 Å². The highest BCUT2D eigenvalue weighted by Crippen LogP contribution is 2.11. The van der Waals surface area contributed by atoms with Gasteiger partial charge in [-0.2, -0.15) is 0 Å². The number of amides is 1. The number of hydrogen-bond acceptors (Lipinski definition) is 2. The van der Waals surface area contributed by atoms with Crippen molar-refractivity contribution in [1.82, 2.24) is 0 Å². The largest absolute Gasteiger partial charge is 0.366 e. The van der Waals surface area contributed by atoms with Crippen LogP contribution in [0.4, 0.5) is 0 Å². The van der Waals surface area contributed by atoms with Crippen LogP contribution in [0.5, 0.6) is 0 Å². The Morgan fingerprint density at radius 1 is 1.27 bits per heavy atom. The number of ketones is 1. The van der Waals surface area contributed by atoms with Gasteiger partial charge in [0.1, 0.15) is 0 Å². The molecule has 0 bridgehead atoms. The molecule has 3 heteroatoms. The van der Waals surface area contributed by atoms with Crippen LogP contribution < -0.4 is 5.73 Å². The minimum Gasteiger partial charge on any atom is -0.366 e. The fourth-order valence-electron chi connectivity index (χ4n) is 1.21. The van der Waals surface area contributed by atoms with Crippen molar-refractivity contribution in [3.05, 3.63) is 54.5 Å². The number of carbonyl (C=O) groups is 2. The number of allylic oxidation sites excluding steroid dienone is 1. The summed E-state index contributed by atoms with van der Waals surface area (Å²) in [7, 11) is 0. The Bertz CT molecular complexity index is 396. The van der Waals surface area contributed by atoms with Crippen molar-refractivity contribution < 1.29 is 9.59 Å². The van der Waals surface area contributed by atoms with Gasteiger partial charge in [-0.05, 0) is 12.5 Å². The second kappa shape index (κ2) is 5.10. The maximum Gasteiger partial charge on any atom is 0.249 e. The predicted octanol–water partition coefficient (Wildman–Crippen LogP) is 1.75. The van der Waals surface area contributed by atoms with Crippen molar-refractivity contribution in [3.63, 3.8) is 0 Å². The van der Waals surface area contributed by atoms with E-state index >= 15 is 0 Å². The third kappa shape index (κ3) is 2.77. The molecule has 15 heavy (non-hydrogen) atoms. The molecule has 0 aliphatic rings. The van der Waals surface area contributed by atoms with E-state index in [1.165, 1.54) is 12.5 Å². The van der Waals surface area contributed by atoms with Gasteiger partial charge in [0, 0.05) is 17.5 Å². The van der Waals surface area contributed by atoms with Gasteiger partial charge in [-0.3, -0.25) is 9.59 Å². The molecular weight excluding hydrogens is 190 g/mol. The van der Waals surface area contributed by atoms with Crippen LogP contribution in [0.3, 0.4) is 0 Å². The molecule has 0 saturated heterocycles. The summed E-state index contributed by atoms with van der Waals surface area (Å²) in [4.78, 5) is 22.7. The number of Topliss-reactive ketones (excluding diaryl/α,β-unsaturated/α-hetero) is 1. The van der Waals surface area contributed by atoms with E-state index in [4.69, 9.17) is 5.73 Å². The van der Waals surface area contributed by atoms with Crippen LogP contribution in [0.15, 0.2) is 36.9 Å². The van der Waals surface area contributed by atoms with Crippen LogP contribution in [0.2, 0.25) is 0 Å². The van der Waals surface area contributed by atoms with E-state index in [2.05, 4.69) is 6.58 Å². The maximum absolute atomic E-state index is 11.6. The van der Waals surface area contributed by atoms with E-state index in [1.807, 2.05) is 0 Å². The standard InChI is InChI=1S/C12H12NO2/c1-2-3-8-11(14)9-6-4-5-7-10(9)12(13)15/h2,4-8H,1,3H2,(H2,13,15). The van der Waals surface area contributed by atoms with Gasteiger partial charge in [-0.15, -0.1) is 6.58 Å². The van der Waals surface area contributed by atoms with E-state index in [9.17, 15) is 9.59 Å². The van der Waals surface area contributed by atoms with E-state index in [-0.39, 0.29) is 11.3 Å². The molecule has 1 aromatic rings. The molecule has 0 heterocycles. The highest BCUT2D eigenvalue weighted by atomic mass is 16.1. The average Bonchev–Trinajstić information content (AvgIpc) is 2.25. The van der Waals surface area contributed by atoms with Crippen LogP contribution in [0.25, 0.3) is 0 Å². The number of rotatable bonds is 5. The van der Waals surface area contributed by atoms with Gasteiger partial charge in [0.25, 0.3) is 0 Å². The Morgan fingerprint density at radius 2 is 1.87 bits per heavy atom. The maximum atomic E-state index is 11.6. The molecule has 1 rings (SSSR count). The summed E-state index contributed by atoms with van der Waals surface area (Å²) in [5.74, 6) is -0.796. The molecule has 0 aliphatic heterocycles. The van der Waals surface area contributed by atoms with Crippen molar-refractivity contribution in [2.75, 3.05) is 0 Å². The molecule has 0 spiro atoms. The van der Waals surface area contributed by atoms with Gasteiger partial charge < -0.3 is 5.73 Å². The highest BCUT2D eigenvalue weighted by Gasteiger charge is 2.13. The fourth-order valence-corrected chi connectivity index (χ4v) is 1.21. The van der Waals surface area contributed by atoms with Crippen LogP contribution in [0, 0.1) is 6.42 Å². The molecule has 0 fully saturated rings. The summed E-state index contributed by atoms with van der Waals surface area (Å²) < 4.78 is 0. The highest BCUT2D eigenvalue weighted by molar-refractivity contribution is 6.10. The number of hydrogen-bond donors (Lipinski definition) is 1. The van der Waals surface area contributed by atoms with Crippen molar-refractivity contribution in [1.29, 1.82) is 0 Å². The molecule has 0 atom stereocenters. The van der Waals surface area contributed by atoms with E-state index in [1.54, 1.807) is 24.3 Å². The third-order valence-corrected chi connectivity index (χ3v) is 1.93. The van der Waals surface area contributed by atoms with Gasteiger partial charge in [-0.25, -0.2) is 0 Å². The molecule has 1 amide bonds. The Kier molecular flexibility index (Phi) is 3.80. The molecule has 0 saturated carbocycles. The number of primary amides is 1. The monoisotopic (exact) mass is 202 g/mol. The summed E-state index contributed by atoms with van der Waals surface area (Å²) >= 11 is 0. The second-order valence-electron chi connectivity index (χ2n) is 3.00. The summed E-state index contributed by atoms with van der Waals surface area (Å²) in [6, 6.07) is 6.49. The van der Waals surface area contributed by atoms with Gasteiger partial charge in [-0.1, -0.05) is 24.3 Å². The summed E-state index contributed by atoms with van der Waals surface area (Å²) in [6.45, 7) is 3.51. The van der Waals surface area contributed by atoms with Gasteiger partial charge in [0.15, 0.2) is 5.78 Å². The topological polar surface area (TPSA) is 60.2 Å². The van der Waals surface area contributed by atoms with Crippen molar-refractivity contribution in [2.45, 2.75) is 6.42 Å². The molecule has 0 aliphatic carbocycles. The summed E-state index contributed by atoms with van der Waals surface area (Å²) in [5.41, 5.74) is 5.75. The zero-order chi connectivity index (χ0) is 11.3. The first-order valence-corrected chi connectivity index (χ1v) is 4.54. The lowest BCUT2D eigenvalue weighted by Crippen LogP contribution is -2.16. The van der Waals surface area contributed by atoms with Gasteiger partial charge >= 0.3 is 0 Å². The first-order chi connectivity index (χ1) is 7.16. The first-order valence-electron chi connectivity index (χ1n) is 4.54. The molecule has 0 unspecified atom stereocenters. The summed E-state index contributed by atoms with van der Waals surface area (Å²) in [5, 5.41) is 0. The van der Waals surface area contributed by atoms with E-state index in [0.29, 0.717) is 12.0 Å². The summed E-state index contributed by atoms with van der Waals surface area (Å²) in [6.07, 6.45) is 3.56. The average molecular weight is 202 g/mol. The molecule has 0 aromatic heterocycles. The molecule has 77 valence electrons. The lowest BCUT2D eigenvalue weighted by molar-refractivity contribution is 0.0978. The van der Waals surface area contributed by atoms with E-state index < -0.39 is 5.91 Å². The molecule has 1 aromatic carbocycles. The SMILES string of the molecule is C=CC[CH]C(=O)c1ccccc1C(N)=O. The molecule has 3 nitrogen and oxygen atoms in total. The van der Waals surface area contributed by atoms with Gasteiger partial charge in [0.2, 0.25) is 5.91 Å². The normalized spacial score (nSPS) is 9.60. The fraction of sp³-hybridized carbons (Fsp3) is 0.0833. The molecule has 2 N–H and O–H groups in total. The third-order valence-electron chi connectivity index (χ3n) is 1.93. The Morgan fingerprint density at radius 3 is 2.40 bits per heavy atom. The zero-order valence-electron chi connectivity index (χ0n) is 8.27. The smallest absolute Gasteiger partial charge is 0.249 e. The lowest BCUT2D eigenvalue weighted by Gasteiger charge is -2.03. The van der Waals surface area contributed by atoms with Crippen molar-refractivity contribution in [2.24, 2.45) is 5.73 Å². The minimum absolute atomic E-state index is 0.204. The van der Waals surface area contributed by atoms with Crippen molar-refractivity contribution >= 4 is 11.7 Å². The Labute approximate surface area is 88.6 Å². The zero-order valence-corrected chi connectivity index (χ0v) is 8.27. The lowest BCUT2D eigenvalue weighted by atomic mass is 10.0. The molecular formula is C12H12NO2. The second-order valence-corrected chi connectivity index (χ2v) is 3.00. The first kappa shape index (κ1) is 11.2. The van der Waals surface area contributed by atoms with Crippen molar-refractivity contribution in [3.8, 4) is 0 Å². The van der Waals surface area contributed by atoms with Crippen LogP contribution >= 0.6 is 0 Å². The van der Waals surface area contributed by atoms with Gasteiger partial charge in [0.05, 0.1) is 0 Å². The van der Waals surface area contributed by atoms with E-state index in [0.717, 1.165) is 0 Å². The number of benzene rings is 1. The Balaban J connectivity index is 2.97. The number of nitrogens with two attached hydrogens (primary N) is 1. The molecule has 1 radical (unpaired) electrons. The predicted molar refractivity (Wildman–Crippen MR) is 58.4 cm³/mol. The Hall–Kier alpha value is -1.90. The quantitative estimate of drug-likeness (QED) is 0.584. The number of carbonyl (C=O) groups excluding carboxylic acids is 2. The minimum atomic E-state index is -0.592. The van der Waals surface area contributed by atoms with Crippen LogP contribution in [-0.4, -0.2) is 11.7 Å².